The Kier molecular flexibility index (Phi) is 4.64. The predicted molar refractivity (Wildman–Crippen MR) is 170 cm³/mol. The second-order valence-electron chi connectivity index (χ2n) is 10.7. The standard InChI is InChI=1S/C39H23NO/c1-2-10-27-26(9-1)29-19-18-24(25-14-7-15-33-30-12-5-6-17-37(30)41-39(25)33)23-35(29)28-11-3-4-13-31(28)38-32(27)20-21-36-34(38)16-8-22-40-36/h1-23H. The van der Waals surface area contributed by atoms with E-state index in [9.17, 15) is 0 Å². The Labute approximate surface area is 237 Å². The van der Waals surface area contributed by atoms with E-state index in [1.54, 1.807) is 0 Å². The molecule has 0 unspecified atom stereocenters. The van der Waals surface area contributed by atoms with Crippen LogP contribution in [0.15, 0.2) is 144 Å². The minimum Gasteiger partial charge on any atom is -0.455 e. The van der Waals surface area contributed by atoms with Crippen LogP contribution in [0.2, 0.25) is 0 Å². The molecule has 1 aliphatic carbocycles. The molecule has 41 heavy (non-hydrogen) atoms. The van der Waals surface area contributed by atoms with Gasteiger partial charge in [0.05, 0.1) is 5.52 Å². The molecule has 0 spiro atoms. The van der Waals surface area contributed by atoms with Crippen molar-refractivity contribution in [2.24, 2.45) is 0 Å². The van der Waals surface area contributed by atoms with E-state index in [0.717, 1.165) is 38.6 Å². The van der Waals surface area contributed by atoms with E-state index < -0.39 is 0 Å². The first kappa shape index (κ1) is 22.4. The highest BCUT2D eigenvalue weighted by Gasteiger charge is 2.24. The topological polar surface area (TPSA) is 26.0 Å². The lowest BCUT2D eigenvalue weighted by molar-refractivity contribution is 0.670. The van der Waals surface area contributed by atoms with Gasteiger partial charge in [0.15, 0.2) is 0 Å². The molecule has 0 amide bonds. The van der Waals surface area contributed by atoms with Gasteiger partial charge in [-0.3, -0.25) is 4.98 Å². The Morgan fingerprint density at radius 2 is 1.05 bits per heavy atom. The van der Waals surface area contributed by atoms with Crippen molar-refractivity contribution >= 4 is 32.8 Å². The van der Waals surface area contributed by atoms with Gasteiger partial charge in [0.2, 0.25) is 0 Å². The molecule has 0 saturated heterocycles. The number of hydrogen-bond acceptors (Lipinski definition) is 2. The molecule has 6 aromatic carbocycles. The van der Waals surface area contributed by atoms with E-state index in [1.165, 1.54) is 49.9 Å². The van der Waals surface area contributed by atoms with E-state index in [0.29, 0.717) is 0 Å². The highest BCUT2D eigenvalue weighted by atomic mass is 16.3. The van der Waals surface area contributed by atoms with E-state index in [4.69, 9.17) is 9.40 Å². The molecular weight excluding hydrogens is 498 g/mol. The highest BCUT2D eigenvalue weighted by Crippen LogP contribution is 2.50. The van der Waals surface area contributed by atoms with Crippen LogP contribution in [0.5, 0.6) is 0 Å². The van der Waals surface area contributed by atoms with Crippen LogP contribution in [-0.4, -0.2) is 4.98 Å². The van der Waals surface area contributed by atoms with Crippen LogP contribution in [0.25, 0.3) is 88.5 Å². The molecule has 0 atom stereocenters. The van der Waals surface area contributed by atoms with Gasteiger partial charge in [-0.2, -0.15) is 0 Å². The number of benzene rings is 6. The monoisotopic (exact) mass is 521 g/mol. The maximum absolute atomic E-state index is 6.44. The van der Waals surface area contributed by atoms with Crippen molar-refractivity contribution in [2.75, 3.05) is 0 Å². The summed E-state index contributed by atoms with van der Waals surface area (Å²) >= 11 is 0. The Bertz CT molecular complexity index is 2320. The number of fused-ring (bicyclic) bond motifs is 13. The minimum absolute atomic E-state index is 0.914. The van der Waals surface area contributed by atoms with E-state index in [1.807, 2.05) is 24.4 Å². The molecule has 2 heterocycles. The summed E-state index contributed by atoms with van der Waals surface area (Å²) in [5, 5.41) is 3.45. The van der Waals surface area contributed by atoms with Gasteiger partial charge in [-0.15, -0.1) is 0 Å². The zero-order valence-corrected chi connectivity index (χ0v) is 22.1. The zero-order valence-electron chi connectivity index (χ0n) is 22.1. The number of para-hydroxylation sites is 2. The fourth-order valence-electron chi connectivity index (χ4n) is 6.70. The first-order valence-electron chi connectivity index (χ1n) is 14.0. The molecule has 8 aromatic rings. The maximum atomic E-state index is 6.44. The van der Waals surface area contributed by atoms with Gasteiger partial charge in [-0.05, 0) is 74.3 Å². The van der Waals surface area contributed by atoms with Crippen molar-refractivity contribution in [2.45, 2.75) is 0 Å². The fraction of sp³-hybridized carbons (Fsp3) is 0. The molecular formula is C39H23NO. The molecule has 0 saturated carbocycles. The van der Waals surface area contributed by atoms with Crippen molar-refractivity contribution in [1.82, 2.24) is 4.98 Å². The van der Waals surface area contributed by atoms with Gasteiger partial charge in [0, 0.05) is 27.9 Å². The summed E-state index contributed by atoms with van der Waals surface area (Å²) < 4.78 is 6.44. The summed E-state index contributed by atoms with van der Waals surface area (Å²) in [4.78, 5) is 4.71. The van der Waals surface area contributed by atoms with Gasteiger partial charge in [-0.25, -0.2) is 0 Å². The van der Waals surface area contributed by atoms with Crippen LogP contribution in [0.1, 0.15) is 0 Å². The van der Waals surface area contributed by atoms with Crippen molar-refractivity contribution in [1.29, 1.82) is 0 Å². The van der Waals surface area contributed by atoms with Crippen LogP contribution in [0.4, 0.5) is 0 Å². The summed E-state index contributed by atoms with van der Waals surface area (Å²) in [6.07, 6.45) is 1.87. The quantitative estimate of drug-likeness (QED) is 0.215. The average molecular weight is 522 g/mol. The Morgan fingerprint density at radius 3 is 1.93 bits per heavy atom. The molecule has 190 valence electrons. The van der Waals surface area contributed by atoms with Crippen molar-refractivity contribution in [3.05, 3.63) is 140 Å². The molecule has 0 fully saturated rings. The summed E-state index contributed by atoms with van der Waals surface area (Å²) in [6.45, 7) is 0. The number of hydrogen-bond donors (Lipinski definition) is 0. The Morgan fingerprint density at radius 1 is 0.415 bits per heavy atom. The third kappa shape index (κ3) is 3.22. The van der Waals surface area contributed by atoms with Gasteiger partial charge in [0.1, 0.15) is 11.2 Å². The number of pyridine rings is 1. The highest BCUT2D eigenvalue weighted by molar-refractivity contribution is 6.13. The van der Waals surface area contributed by atoms with Crippen LogP contribution in [-0.2, 0) is 0 Å². The lowest BCUT2D eigenvalue weighted by atomic mass is 9.79. The van der Waals surface area contributed by atoms with Gasteiger partial charge < -0.3 is 4.42 Å². The summed E-state index contributed by atoms with van der Waals surface area (Å²) in [5.74, 6) is 0. The Balaban J connectivity index is 1.38. The van der Waals surface area contributed by atoms with E-state index in [-0.39, 0.29) is 0 Å². The zero-order chi connectivity index (χ0) is 26.9. The average Bonchev–Trinajstić information content (AvgIpc) is 3.42. The molecule has 0 radical (unpaired) electrons. The molecule has 1 aliphatic rings. The van der Waals surface area contributed by atoms with E-state index >= 15 is 0 Å². The summed E-state index contributed by atoms with van der Waals surface area (Å²) in [6, 6.07) is 47.8. The van der Waals surface area contributed by atoms with E-state index in [2.05, 4.69) is 115 Å². The number of furan rings is 1. The molecule has 2 heteroatoms. The smallest absolute Gasteiger partial charge is 0.143 e. The lowest BCUT2D eigenvalue weighted by Crippen LogP contribution is -1.98. The van der Waals surface area contributed by atoms with Crippen molar-refractivity contribution < 1.29 is 4.42 Å². The van der Waals surface area contributed by atoms with Crippen LogP contribution < -0.4 is 0 Å². The van der Waals surface area contributed by atoms with Crippen LogP contribution in [0.3, 0.4) is 0 Å². The van der Waals surface area contributed by atoms with Crippen molar-refractivity contribution in [3.63, 3.8) is 0 Å². The molecule has 0 bridgehead atoms. The van der Waals surface area contributed by atoms with Crippen LogP contribution in [0, 0.1) is 0 Å². The summed E-state index contributed by atoms with van der Waals surface area (Å²) in [7, 11) is 0. The predicted octanol–water partition coefficient (Wildman–Crippen LogP) is 10.8. The third-order valence-corrected chi connectivity index (χ3v) is 8.51. The lowest BCUT2D eigenvalue weighted by Gasteiger charge is -2.24. The Hall–Kier alpha value is -5.47. The molecule has 2 nitrogen and oxygen atoms in total. The first-order chi connectivity index (χ1) is 20.3. The fourth-order valence-corrected chi connectivity index (χ4v) is 6.70. The number of rotatable bonds is 1. The molecule has 0 aliphatic heterocycles. The number of aromatic nitrogens is 1. The first-order valence-corrected chi connectivity index (χ1v) is 14.0. The normalized spacial score (nSPS) is 11.9. The molecule has 2 aromatic heterocycles. The second-order valence-corrected chi connectivity index (χ2v) is 10.7. The van der Waals surface area contributed by atoms with Gasteiger partial charge in [0.25, 0.3) is 0 Å². The largest absolute Gasteiger partial charge is 0.455 e. The van der Waals surface area contributed by atoms with Gasteiger partial charge in [-0.1, -0.05) is 109 Å². The third-order valence-electron chi connectivity index (χ3n) is 8.51. The number of nitrogens with zero attached hydrogens (tertiary/aromatic N) is 1. The second kappa shape index (κ2) is 8.51. The summed E-state index contributed by atoms with van der Waals surface area (Å²) in [5.41, 5.74) is 14.9. The molecule has 9 rings (SSSR count). The van der Waals surface area contributed by atoms with Crippen LogP contribution >= 0.6 is 0 Å². The molecule has 0 N–H and O–H groups in total. The van der Waals surface area contributed by atoms with Gasteiger partial charge >= 0.3 is 0 Å². The van der Waals surface area contributed by atoms with Crippen molar-refractivity contribution in [3.8, 4) is 55.6 Å². The minimum atomic E-state index is 0.914. The SMILES string of the molecule is c1ccc2c(c1)-c1ccc(-c3cccc4c3oc3ccccc34)cc1-c1ccccc1-c1c-2ccc2ncccc12. The maximum Gasteiger partial charge on any atom is 0.143 e.